The molecule has 0 radical (unpaired) electrons. The van der Waals surface area contributed by atoms with Crippen molar-refractivity contribution in [3.63, 3.8) is 0 Å². The third-order valence-corrected chi connectivity index (χ3v) is 5.86. The third kappa shape index (κ3) is 3.17. The Kier molecular flexibility index (Phi) is 4.40. The van der Waals surface area contributed by atoms with Gasteiger partial charge in [-0.15, -0.1) is 5.12 Å². The molecule has 2 aliphatic rings. The summed E-state index contributed by atoms with van der Waals surface area (Å²) in [4.78, 5) is 0. The second-order valence-electron chi connectivity index (χ2n) is 7.97. The van der Waals surface area contributed by atoms with E-state index in [1.54, 1.807) is 12.1 Å². The lowest BCUT2D eigenvalue weighted by Gasteiger charge is -2.27. The van der Waals surface area contributed by atoms with E-state index in [4.69, 9.17) is 0 Å². The summed E-state index contributed by atoms with van der Waals surface area (Å²) < 4.78 is 1.83. The summed E-state index contributed by atoms with van der Waals surface area (Å²) in [5, 5.41) is 22.0. The highest BCUT2D eigenvalue weighted by molar-refractivity contribution is 5.75. The summed E-state index contributed by atoms with van der Waals surface area (Å²) in [6, 6.07) is 14.1. The van der Waals surface area contributed by atoms with Gasteiger partial charge >= 0.3 is 0 Å². The molecule has 30 heavy (non-hydrogen) atoms. The van der Waals surface area contributed by atoms with Crippen LogP contribution in [0.5, 0.6) is 5.75 Å². The molecule has 3 heterocycles. The van der Waals surface area contributed by atoms with Crippen LogP contribution in [0.1, 0.15) is 30.5 Å². The van der Waals surface area contributed by atoms with Crippen LogP contribution in [0.2, 0.25) is 0 Å². The lowest BCUT2D eigenvalue weighted by molar-refractivity contribution is 0.0446. The van der Waals surface area contributed by atoms with Crippen LogP contribution in [-0.4, -0.2) is 38.6 Å². The van der Waals surface area contributed by atoms with E-state index in [1.807, 2.05) is 43.3 Å². The maximum atomic E-state index is 9.64. The predicted octanol–water partition coefficient (Wildman–Crippen LogP) is 3.71. The summed E-state index contributed by atoms with van der Waals surface area (Å²) in [7, 11) is 3.99. The standard InChI is InChI=1S/C23H26N6O/c1-15-23-20-9-4-16(17-13-24-27(2)14-17)12-21(20)22(10-11-29(23)28(3)26-15)25-18-5-7-19(30)8-6-18/h4-9,12-14,22,25-26,30H,10-11H2,1-3H3. The number of phenolic OH excluding ortho intramolecular Hbond substituents is 1. The van der Waals surface area contributed by atoms with Crippen LogP contribution in [0.4, 0.5) is 5.69 Å². The highest BCUT2D eigenvalue weighted by Gasteiger charge is 2.33. The van der Waals surface area contributed by atoms with Gasteiger partial charge in [0.15, 0.2) is 0 Å². The van der Waals surface area contributed by atoms with Gasteiger partial charge in [-0.25, -0.2) is 0 Å². The van der Waals surface area contributed by atoms with E-state index in [0.717, 1.165) is 35.5 Å². The minimum atomic E-state index is 0.139. The number of aromatic nitrogens is 2. The number of aryl methyl sites for hydroxylation is 1. The number of benzene rings is 2. The number of nitrogens with one attached hydrogen (secondary N) is 2. The van der Waals surface area contributed by atoms with Crippen molar-refractivity contribution in [3.8, 4) is 16.9 Å². The topological polar surface area (TPSA) is 68.6 Å². The molecule has 154 valence electrons. The van der Waals surface area contributed by atoms with Crippen LogP contribution in [0.15, 0.2) is 60.6 Å². The Hall–Kier alpha value is -3.45. The minimum absolute atomic E-state index is 0.139. The lowest BCUT2D eigenvalue weighted by Crippen LogP contribution is -2.40. The Balaban J connectivity index is 1.61. The molecule has 3 N–H and O–H groups in total. The van der Waals surface area contributed by atoms with Crippen LogP contribution < -0.4 is 10.7 Å². The summed E-state index contributed by atoms with van der Waals surface area (Å²) in [6.07, 6.45) is 4.89. The normalized spacial score (nSPS) is 18.6. The van der Waals surface area contributed by atoms with Crippen molar-refractivity contribution >= 4 is 11.4 Å². The van der Waals surface area contributed by atoms with Gasteiger partial charge in [-0.2, -0.15) is 5.10 Å². The second-order valence-corrected chi connectivity index (χ2v) is 7.97. The third-order valence-electron chi connectivity index (χ3n) is 5.86. The molecule has 2 aliphatic heterocycles. The molecule has 0 bridgehead atoms. The molecule has 5 rings (SSSR count). The Morgan fingerprint density at radius 3 is 2.63 bits per heavy atom. The predicted molar refractivity (Wildman–Crippen MR) is 118 cm³/mol. The number of hydrogen-bond acceptors (Lipinski definition) is 6. The second kappa shape index (κ2) is 7.11. The van der Waals surface area contributed by atoms with Crippen molar-refractivity contribution in [1.82, 2.24) is 25.3 Å². The smallest absolute Gasteiger partial charge is 0.115 e. The molecule has 3 aromatic rings. The van der Waals surface area contributed by atoms with E-state index in [1.165, 1.54) is 16.8 Å². The van der Waals surface area contributed by atoms with Crippen LogP contribution in [0, 0.1) is 0 Å². The van der Waals surface area contributed by atoms with Crippen LogP contribution in [0.3, 0.4) is 0 Å². The van der Waals surface area contributed by atoms with Gasteiger partial charge in [0.25, 0.3) is 0 Å². The number of allylic oxidation sites excluding steroid dienone is 1. The zero-order valence-electron chi connectivity index (χ0n) is 17.4. The number of hydrogen-bond donors (Lipinski definition) is 3. The van der Waals surface area contributed by atoms with Gasteiger partial charge in [0.2, 0.25) is 0 Å². The summed E-state index contributed by atoms with van der Waals surface area (Å²) >= 11 is 0. The van der Waals surface area contributed by atoms with E-state index in [0.29, 0.717) is 0 Å². The highest BCUT2D eigenvalue weighted by atomic mass is 16.3. The number of hydrazine groups is 2. The number of fused-ring (bicyclic) bond motifs is 3. The molecular formula is C23H26N6O. The van der Waals surface area contributed by atoms with Gasteiger partial charge in [0, 0.05) is 43.7 Å². The maximum absolute atomic E-state index is 9.64. The quantitative estimate of drug-likeness (QED) is 0.581. The molecule has 0 amide bonds. The van der Waals surface area contributed by atoms with Gasteiger partial charge in [0.1, 0.15) is 5.75 Å². The number of anilines is 1. The Bertz CT molecular complexity index is 1120. The average Bonchev–Trinajstić information content (AvgIpc) is 3.23. The summed E-state index contributed by atoms with van der Waals surface area (Å²) in [6.45, 7) is 3.02. The van der Waals surface area contributed by atoms with E-state index in [2.05, 4.69) is 51.1 Å². The number of aromatic hydroxyl groups is 1. The molecule has 1 atom stereocenters. The molecule has 0 aliphatic carbocycles. The molecule has 0 fully saturated rings. The first kappa shape index (κ1) is 18.6. The van der Waals surface area contributed by atoms with Crippen LogP contribution in [0.25, 0.3) is 16.8 Å². The number of nitrogens with zero attached hydrogens (tertiary/aromatic N) is 4. The van der Waals surface area contributed by atoms with Gasteiger partial charge in [-0.3, -0.25) is 9.69 Å². The fraction of sp³-hybridized carbons (Fsp3) is 0.261. The number of rotatable bonds is 3. The van der Waals surface area contributed by atoms with E-state index in [-0.39, 0.29) is 11.8 Å². The first-order valence-electron chi connectivity index (χ1n) is 10.2. The summed E-state index contributed by atoms with van der Waals surface area (Å²) in [5.74, 6) is 0.273. The van der Waals surface area contributed by atoms with Crippen molar-refractivity contribution in [1.29, 1.82) is 0 Å². The Morgan fingerprint density at radius 2 is 1.90 bits per heavy atom. The molecule has 1 aromatic heterocycles. The van der Waals surface area contributed by atoms with E-state index < -0.39 is 0 Å². The number of phenols is 1. The molecule has 0 spiro atoms. The average molecular weight is 403 g/mol. The maximum Gasteiger partial charge on any atom is 0.115 e. The fourth-order valence-corrected chi connectivity index (χ4v) is 4.43. The fourth-order valence-electron chi connectivity index (χ4n) is 4.43. The van der Waals surface area contributed by atoms with Crippen molar-refractivity contribution in [2.45, 2.75) is 19.4 Å². The minimum Gasteiger partial charge on any atom is -0.508 e. The van der Waals surface area contributed by atoms with Crippen LogP contribution in [-0.2, 0) is 7.05 Å². The van der Waals surface area contributed by atoms with Crippen molar-refractivity contribution in [2.24, 2.45) is 7.05 Å². The SMILES string of the molecule is CC1=C2c3ccc(-c4cnn(C)c4)cc3C(Nc3ccc(O)cc3)CCN2N(C)N1. The van der Waals surface area contributed by atoms with Crippen molar-refractivity contribution in [3.05, 3.63) is 71.7 Å². The van der Waals surface area contributed by atoms with E-state index in [9.17, 15) is 5.11 Å². The molecule has 0 saturated carbocycles. The first-order chi connectivity index (χ1) is 14.5. The van der Waals surface area contributed by atoms with Gasteiger partial charge in [-0.1, -0.05) is 12.1 Å². The Morgan fingerprint density at radius 1 is 1.10 bits per heavy atom. The van der Waals surface area contributed by atoms with Gasteiger partial charge in [-0.05, 0) is 54.8 Å². The van der Waals surface area contributed by atoms with E-state index >= 15 is 0 Å². The molecule has 7 nitrogen and oxygen atoms in total. The molecule has 0 saturated heterocycles. The van der Waals surface area contributed by atoms with Crippen LogP contribution >= 0.6 is 0 Å². The molecule has 1 unspecified atom stereocenters. The highest BCUT2D eigenvalue weighted by Crippen LogP contribution is 2.40. The molecule has 7 heteroatoms. The molecular weight excluding hydrogens is 376 g/mol. The zero-order valence-corrected chi connectivity index (χ0v) is 17.4. The van der Waals surface area contributed by atoms with Crippen molar-refractivity contribution in [2.75, 3.05) is 18.9 Å². The lowest BCUT2D eigenvalue weighted by atomic mass is 9.93. The van der Waals surface area contributed by atoms with Gasteiger partial charge in [0.05, 0.1) is 23.6 Å². The Labute approximate surface area is 176 Å². The monoisotopic (exact) mass is 402 g/mol. The molecule has 2 aromatic carbocycles. The van der Waals surface area contributed by atoms with Crippen molar-refractivity contribution < 1.29 is 5.11 Å². The van der Waals surface area contributed by atoms with Gasteiger partial charge < -0.3 is 15.8 Å². The summed E-state index contributed by atoms with van der Waals surface area (Å²) in [5.41, 5.74) is 11.6. The largest absolute Gasteiger partial charge is 0.508 e. The zero-order chi connectivity index (χ0) is 20.8. The first-order valence-corrected chi connectivity index (χ1v) is 10.2.